The molecule has 4 nitrogen and oxygen atoms in total. The molecule has 1 aliphatic heterocycles. The minimum atomic E-state index is 0.136. The number of allylic oxidation sites excluding steroid dienone is 2. The lowest BCUT2D eigenvalue weighted by Gasteiger charge is -2.21. The van der Waals surface area contributed by atoms with Gasteiger partial charge in [0.1, 0.15) is 0 Å². The fraction of sp³-hybridized carbons (Fsp3) is 0.0690. The number of nitrogens with zero attached hydrogens (tertiary/aromatic N) is 4. The number of aromatic nitrogens is 2. The normalized spacial score (nSPS) is 19.3. The molecule has 2 unspecified atom stereocenters. The standard InChI is InChI=1S/C29H20N4/c1-3-9-23-22(8-1)18-30-29(32-23)20-15-13-19(14-16-20)28-27-17-21-7-2-5-11-25(21)33(27)26-12-6-4-10-24(26)31-28/h1-18,22-23H. The zero-order valence-electron chi connectivity index (χ0n) is 17.8. The third-order valence-corrected chi connectivity index (χ3v) is 6.51. The summed E-state index contributed by atoms with van der Waals surface area (Å²) < 4.78 is 2.32. The van der Waals surface area contributed by atoms with E-state index in [-0.39, 0.29) is 12.0 Å². The van der Waals surface area contributed by atoms with E-state index < -0.39 is 0 Å². The molecule has 0 saturated carbocycles. The summed E-state index contributed by atoms with van der Waals surface area (Å²) in [6, 6.07) is 27.7. The Morgan fingerprint density at radius 3 is 2.36 bits per heavy atom. The first kappa shape index (κ1) is 18.3. The second-order valence-electron chi connectivity index (χ2n) is 8.52. The molecule has 3 aromatic carbocycles. The van der Waals surface area contributed by atoms with Gasteiger partial charge in [-0.2, -0.15) is 0 Å². The highest BCUT2D eigenvalue weighted by Crippen LogP contribution is 2.32. The van der Waals surface area contributed by atoms with E-state index in [2.05, 4.69) is 106 Å². The van der Waals surface area contributed by atoms with Gasteiger partial charge in [0.25, 0.3) is 0 Å². The monoisotopic (exact) mass is 424 g/mol. The molecule has 2 aromatic heterocycles. The van der Waals surface area contributed by atoms with Gasteiger partial charge in [0.05, 0.1) is 33.8 Å². The van der Waals surface area contributed by atoms with Crippen molar-refractivity contribution in [2.24, 2.45) is 15.9 Å². The van der Waals surface area contributed by atoms with Gasteiger partial charge < -0.3 is 4.40 Å². The Morgan fingerprint density at radius 1 is 0.697 bits per heavy atom. The fourth-order valence-electron chi connectivity index (χ4n) is 4.86. The van der Waals surface area contributed by atoms with E-state index in [0.717, 1.165) is 39.2 Å². The lowest BCUT2D eigenvalue weighted by Crippen LogP contribution is -2.24. The quantitative estimate of drug-likeness (QED) is 0.330. The lowest BCUT2D eigenvalue weighted by atomic mass is 9.95. The van der Waals surface area contributed by atoms with E-state index in [4.69, 9.17) is 9.98 Å². The van der Waals surface area contributed by atoms with Gasteiger partial charge in [0, 0.05) is 28.6 Å². The Balaban J connectivity index is 1.37. The van der Waals surface area contributed by atoms with Gasteiger partial charge in [-0.05, 0) is 24.3 Å². The summed E-state index contributed by atoms with van der Waals surface area (Å²) >= 11 is 0. The summed E-state index contributed by atoms with van der Waals surface area (Å²) in [6.45, 7) is 0. The van der Waals surface area contributed by atoms with Crippen LogP contribution in [0, 0.1) is 5.92 Å². The number of para-hydroxylation sites is 3. The van der Waals surface area contributed by atoms with Crippen LogP contribution in [-0.4, -0.2) is 27.5 Å². The van der Waals surface area contributed by atoms with Crippen molar-refractivity contribution in [2.75, 3.05) is 0 Å². The number of benzene rings is 3. The predicted molar refractivity (Wildman–Crippen MR) is 136 cm³/mol. The summed E-state index contributed by atoms with van der Waals surface area (Å²) in [5.74, 6) is 1.05. The first-order valence-electron chi connectivity index (χ1n) is 11.2. The van der Waals surface area contributed by atoms with Crippen molar-refractivity contribution in [1.29, 1.82) is 0 Å². The molecule has 7 rings (SSSR count). The topological polar surface area (TPSA) is 42.0 Å². The van der Waals surface area contributed by atoms with Crippen molar-refractivity contribution in [2.45, 2.75) is 6.04 Å². The third kappa shape index (κ3) is 2.88. The van der Waals surface area contributed by atoms with Gasteiger partial charge in [-0.1, -0.05) is 78.9 Å². The van der Waals surface area contributed by atoms with Gasteiger partial charge >= 0.3 is 0 Å². The Morgan fingerprint density at radius 2 is 1.45 bits per heavy atom. The summed E-state index contributed by atoms with van der Waals surface area (Å²) in [5.41, 5.74) is 7.48. The van der Waals surface area contributed by atoms with Crippen LogP contribution >= 0.6 is 0 Å². The summed E-state index contributed by atoms with van der Waals surface area (Å²) in [5, 5.41) is 1.21. The van der Waals surface area contributed by atoms with Crippen molar-refractivity contribution >= 4 is 39.5 Å². The van der Waals surface area contributed by atoms with E-state index in [9.17, 15) is 0 Å². The molecule has 0 fully saturated rings. The Kier molecular flexibility index (Phi) is 3.94. The van der Waals surface area contributed by atoms with Crippen molar-refractivity contribution in [3.63, 3.8) is 0 Å². The van der Waals surface area contributed by atoms with Crippen molar-refractivity contribution in [1.82, 2.24) is 9.38 Å². The maximum Gasteiger partial charge on any atom is 0.154 e. The number of aliphatic imine (C=N–C) groups is 2. The van der Waals surface area contributed by atoms with Crippen LogP contribution in [0.1, 0.15) is 5.56 Å². The van der Waals surface area contributed by atoms with Crippen molar-refractivity contribution < 1.29 is 0 Å². The molecule has 33 heavy (non-hydrogen) atoms. The molecule has 0 bridgehead atoms. The molecule has 3 heterocycles. The maximum absolute atomic E-state index is 5.07. The highest BCUT2D eigenvalue weighted by atomic mass is 15.0. The molecular formula is C29H20N4. The molecule has 156 valence electrons. The lowest BCUT2D eigenvalue weighted by molar-refractivity contribution is 0.721. The highest BCUT2D eigenvalue weighted by Gasteiger charge is 2.21. The van der Waals surface area contributed by atoms with Gasteiger partial charge in [-0.15, -0.1) is 0 Å². The first-order valence-corrected chi connectivity index (χ1v) is 11.2. The molecule has 0 N–H and O–H groups in total. The maximum atomic E-state index is 5.07. The molecule has 0 amide bonds. The number of rotatable bonds is 2. The van der Waals surface area contributed by atoms with E-state index in [0.29, 0.717) is 0 Å². The number of hydrogen-bond acceptors (Lipinski definition) is 3. The van der Waals surface area contributed by atoms with Crippen molar-refractivity contribution in [3.8, 4) is 11.3 Å². The van der Waals surface area contributed by atoms with Gasteiger partial charge in [0.2, 0.25) is 0 Å². The number of amidine groups is 1. The average Bonchev–Trinajstić information content (AvgIpc) is 3.28. The third-order valence-electron chi connectivity index (χ3n) is 6.51. The van der Waals surface area contributed by atoms with Gasteiger partial charge in [-0.25, -0.2) is 9.98 Å². The Labute approximate surface area is 191 Å². The van der Waals surface area contributed by atoms with Crippen LogP contribution in [0.25, 0.3) is 38.7 Å². The van der Waals surface area contributed by atoms with E-state index in [1.54, 1.807) is 0 Å². The average molecular weight is 425 g/mol. The van der Waals surface area contributed by atoms with Crippen LogP contribution in [0.3, 0.4) is 0 Å². The number of fused-ring (bicyclic) bond motifs is 6. The molecule has 1 aliphatic carbocycles. The molecule has 2 aliphatic rings. The van der Waals surface area contributed by atoms with E-state index in [1.165, 1.54) is 10.9 Å². The Hall–Kier alpha value is -4.31. The van der Waals surface area contributed by atoms with Crippen LogP contribution < -0.4 is 0 Å². The zero-order chi connectivity index (χ0) is 21.8. The molecule has 0 saturated heterocycles. The minimum Gasteiger partial charge on any atom is -0.306 e. The van der Waals surface area contributed by atoms with Crippen molar-refractivity contribution in [3.05, 3.63) is 109 Å². The molecular weight excluding hydrogens is 404 g/mol. The second kappa shape index (κ2) is 7.10. The number of hydrogen-bond donors (Lipinski definition) is 0. The molecule has 0 spiro atoms. The smallest absolute Gasteiger partial charge is 0.154 e. The van der Waals surface area contributed by atoms with Crippen LogP contribution in [0.2, 0.25) is 0 Å². The van der Waals surface area contributed by atoms with E-state index >= 15 is 0 Å². The SMILES string of the molecule is C1=CC2C=NC(c3ccc(-c4nc5ccccc5n5c4cc4ccccc45)cc3)=NC2C=C1. The first-order chi connectivity index (χ1) is 16.3. The highest BCUT2D eigenvalue weighted by molar-refractivity contribution is 6.05. The van der Waals surface area contributed by atoms with Gasteiger partial charge in [-0.3, -0.25) is 4.99 Å². The fourth-order valence-corrected chi connectivity index (χ4v) is 4.86. The van der Waals surface area contributed by atoms with E-state index in [1.807, 2.05) is 12.3 Å². The molecule has 0 radical (unpaired) electrons. The Bertz CT molecular complexity index is 1670. The van der Waals surface area contributed by atoms with Crippen LogP contribution in [0.5, 0.6) is 0 Å². The van der Waals surface area contributed by atoms with Crippen LogP contribution in [0.15, 0.2) is 113 Å². The summed E-state index contributed by atoms with van der Waals surface area (Å²) in [4.78, 5) is 14.6. The van der Waals surface area contributed by atoms with Crippen LogP contribution in [-0.2, 0) is 0 Å². The predicted octanol–water partition coefficient (Wildman–Crippen LogP) is 6.25. The molecule has 4 heteroatoms. The van der Waals surface area contributed by atoms with Gasteiger partial charge in [0.15, 0.2) is 5.84 Å². The van der Waals surface area contributed by atoms with Crippen LogP contribution in [0.4, 0.5) is 0 Å². The summed E-state index contributed by atoms with van der Waals surface area (Å²) in [6.07, 6.45) is 10.4. The zero-order valence-corrected chi connectivity index (χ0v) is 17.8. The summed E-state index contributed by atoms with van der Waals surface area (Å²) in [7, 11) is 0. The largest absolute Gasteiger partial charge is 0.306 e. The molecule has 5 aromatic rings. The molecule has 2 atom stereocenters. The second-order valence-corrected chi connectivity index (χ2v) is 8.52. The minimum absolute atomic E-state index is 0.136.